The molecule has 1 N–H and O–H groups in total. The summed E-state index contributed by atoms with van der Waals surface area (Å²) < 4.78 is 5.94. The molecule has 0 bridgehead atoms. The summed E-state index contributed by atoms with van der Waals surface area (Å²) in [5.74, 6) is 5.46. The van der Waals surface area contributed by atoms with E-state index >= 15 is 0 Å². The Hall–Kier alpha value is -1.37. The zero-order chi connectivity index (χ0) is 13.7. The SMILES string of the molecule is C#CCSCCNC(C)c1oc2ccccc2c1C. The highest BCUT2D eigenvalue weighted by atomic mass is 32.2. The monoisotopic (exact) mass is 273 g/mol. The Labute approximate surface area is 118 Å². The molecule has 2 nitrogen and oxygen atoms in total. The maximum absolute atomic E-state index is 5.94. The Balaban J connectivity index is 1.99. The van der Waals surface area contributed by atoms with Crippen molar-refractivity contribution in [1.29, 1.82) is 0 Å². The average molecular weight is 273 g/mol. The van der Waals surface area contributed by atoms with Gasteiger partial charge >= 0.3 is 0 Å². The van der Waals surface area contributed by atoms with Crippen molar-refractivity contribution in [1.82, 2.24) is 5.32 Å². The number of benzene rings is 1. The van der Waals surface area contributed by atoms with Gasteiger partial charge in [0, 0.05) is 17.7 Å². The van der Waals surface area contributed by atoms with Crippen LogP contribution < -0.4 is 5.32 Å². The van der Waals surface area contributed by atoms with Gasteiger partial charge in [-0.15, -0.1) is 18.2 Å². The average Bonchev–Trinajstić information content (AvgIpc) is 2.76. The maximum Gasteiger partial charge on any atom is 0.134 e. The summed E-state index contributed by atoms with van der Waals surface area (Å²) in [5.41, 5.74) is 2.19. The minimum atomic E-state index is 0.221. The third-order valence-electron chi connectivity index (χ3n) is 3.16. The van der Waals surface area contributed by atoms with E-state index in [2.05, 4.69) is 31.2 Å². The second-order valence-corrected chi connectivity index (χ2v) is 5.63. The molecule has 2 rings (SSSR count). The molecule has 1 aromatic carbocycles. The number of thioether (sulfide) groups is 1. The second kappa shape index (κ2) is 6.70. The van der Waals surface area contributed by atoms with E-state index in [1.807, 2.05) is 18.2 Å². The lowest BCUT2D eigenvalue weighted by Crippen LogP contribution is -2.21. The standard InChI is InChI=1S/C16H19NOS/c1-4-10-19-11-9-17-13(3)16-12(2)14-7-5-6-8-15(14)18-16/h1,5-8,13,17H,9-11H2,2-3H3. The van der Waals surface area contributed by atoms with E-state index in [0.717, 1.165) is 29.4 Å². The van der Waals surface area contributed by atoms with Crippen molar-refractivity contribution in [3.05, 3.63) is 35.6 Å². The molecular formula is C16H19NOS. The van der Waals surface area contributed by atoms with Gasteiger partial charge in [-0.05, 0) is 25.5 Å². The number of hydrogen-bond donors (Lipinski definition) is 1. The second-order valence-electron chi connectivity index (χ2n) is 4.52. The lowest BCUT2D eigenvalue weighted by molar-refractivity contribution is 0.457. The molecule has 2 aromatic rings. The number of rotatable bonds is 6. The predicted octanol–water partition coefficient (Wildman–Crippen LogP) is 3.76. The van der Waals surface area contributed by atoms with Crippen LogP contribution in [0.15, 0.2) is 28.7 Å². The van der Waals surface area contributed by atoms with Crippen LogP contribution in [-0.2, 0) is 0 Å². The molecule has 3 heteroatoms. The van der Waals surface area contributed by atoms with Crippen molar-refractivity contribution in [2.24, 2.45) is 0 Å². The number of fused-ring (bicyclic) bond motifs is 1. The summed E-state index contributed by atoms with van der Waals surface area (Å²) in [6, 6.07) is 8.39. The quantitative estimate of drug-likeness (QED) is 0.641. The van der Waals surface area contributed by atoms with E-state index in [1.165, 1.54) is 10.9 Å². The largest absolute Gasteiger partial charge is 0.459 e. The minimum Gasteiger partial charge on any atom is -0.459 e. The predicted molar refractivity (Wildman–Crippen MR) is 83.5 cm³/mol. The van der Waals surface area contributed by atoms with Gasteiger partial charge in [0.2, 0.25) is 0 Å². The highest BCUT2D eigenvalue weighted by Gasteiger charge is 2.15. The van der Waals surface area contributed by atoms with Crippen LogP contribution in [0.25, 0.3) is 11.0 Å². The van der Waals surface area contributed by atoms with Gasteiger partial charge < -0.3 is 9.73 Å². The summed E-state index contributed by atoms with van der Waals surface area (Å²) in [4.78, 5) is 0. The molecule has 1 atom stereocenters. The molecule has 0 aliphatic rings. The molecule has 19 heavy (non-hydrogen) atoms. The van der Waals surface area contributed by atoms with Crippen molar-refractivity contribution < 1.29 is 4.42 Å². The highest BCUT2D eigenvalue weighted by molar-refractivity contribution is 7.99. The van der Waals surface area contributed by atoms with Crippen molar-refractivity contribution >= 4 is 22.7 Å². The van der Waals surface area contributed by atoms with Gasteiger partial charge in [-0.25, -0.2) is 0 Å². The minimum absolute atomic E-state index is 0.221. The zero-order valence-corrected chi connectivity index (χ0v) is 12.2. The number of para-hydroxylation sites is 1. The van der Waals surface area contributed by atoms with Crippen LogP contribution in [0, 0.1) is 19.3 Å². The van der Waals surface area contributed by atoms with Crippen molar-refractivity contribution in [2.45, 2.75) is 19.9 Å². The van der Waals surface area contributed by atoms with Crippen LogP contribution >= 0.6 is 11.8 Å². The van der Waals surface area contributed by atoms with E-state index in [4.69, 9.17) is 10.8 Å². The van der Waals surface area contributed by atoms with Gasteiger partial charge in [-0.3, -0.25) is 0 Å². The lowest BCUT2D eigenvalue weighted by atomic mass is 10.1. The fraction of sp³-hybridized carbons (Fsp3) is 0.375. The Morgan fingerprint density at radius 2 is 2.21 bits per heavy atom. The van der Waals surface area contributed by atoms with E-state index in [0.29, 0.717) is 0 Å². The maximum atomic E-state index is 5.94. The van der Waals surface area contributed by atoms with Crippen LogP contribution in [0.5, 0.6) is 0 Å². The normalized spacial score (nSPS) is 12.5. The first-order valence-electron chi connectivity index (χ1n) is 6.46. The molecule has 0 saturated heterocycles. The third kappa shape index (κ3) is 3.34. The number of furan rings is 1. The van der Waals surface area contributed by atoms with Gasteiger partial charge in [0.25, 0.3) is 0 Å². The number of terminal acetylenes is 1. The van der Waals surface area contributed by atoms with E-state index in [-0.39, 0.29) is 6.04 Å². The first-order chi connectivity index (χ1) is 9.24. The third-order valence-corrected chi connectivity index (χ3v) is 4.02. The molecule has 0 spiro atoms. The molecule has 1 unspecified atom stereocenters. The first kappa shape index (κ1) is 14.0. The summed E-state index contributed by atoms with van der Waals surface area (Å²) in [6.45, 7) is 5.19. The molecule has 1 aromatic heterocycles. The Kier molecular flexibility index (Phi) is 4.95. The van der Waals surface area contributed by atoms with E-state index < -0.39 is 0 Å². The molecule has 0 amide bonds. The number of hydrogen-bond acceptors (Lipinski definition) is 3. The Bertz CT molecular complexity index is 582. The molecule has 0 fully saturated rings. The van der Waals surface area contributed by atoms with Gasteiger partial charge in [0.15, 0.2) is 0 Å². The molecule has 0 radical (unpaired) electrons. The van der Waals surface area contributed by atoms with Crippen molar-refractivity contribution in [2.75, 3.05) is 18.1 Å². The summed E-state index contributed by atoms with van der Waals surface area (Å²) >= 11 is 1.77. The van der Waals surface area contributed by atoms with Gasteiger partial charge in [0.05, 0.1) is 11.8 Å². The van der Waals surface area contributed by atoms with Crippen LogP contribution in [0.3, 0.4) is 0 Å². The van der Waals surface area contributed by atoms with E-state index in [1.54, 1.807) is 11.8 Å². The molecular weight excluding hydrogens is 254 g/mol. The van der Waals surface area contributed by atoms with Crippen LogP contribution in [0.1, 0.15) is 24.3 Å². The summed E-state index contributed by atoms with van der Waals surface area (Å²) in [5, 5.41) is 4.68. The first-order valence-corrected chi connectivity index (χ1v) is 7.62. The summed E-state index contributed by atoms with van der Waals surface area (Å²) in [6.07, 6.45) is 5.22. The topological polar surface area (TPSA) is 25.2 Å². The molecule has 1 heterocycles. The van der Waals surface area contributed by atoms with Gasteiger partial charge in [-0.2, -0.15) is 0 Å². The lowest BCUT2D eigenvalue weighted by Gasteiger charge is -2.11. The van der Waals surface area contributed by atoms with Gasteiger partial charge in [-0.1, -0.05) is 24.1 Å². The smallest absolute Gasteiger partial charge is 0.134 e. The fourth-order valence-corrected chi connectivity index (χ4v) is 2.70. The molecule has 0 aliphatic carbocycles. The summed E-state index contributed by atoms with van der Waals surface area (Å²) in [7, 11) is 0. The molecule has 0 saturated carbocycles. The number of aryl methyl sites for hydroxylation is 1. The Morgan fingerprint density at radius 3 is 2.95 bits per heavy atom. The molecule has 0 aliphatic heterocycles. The van der Waals surface area contributed by atoms with E-state index in [9.17, 15) is 0 Å². The van der Waals surface area contributed by atoms with Crippen LogP contribution in [0.2, 0.25) is 0 Å². The van der Waals surface area contributed by atoms with Crippen molar-refractivity contribution in [3.63, 3.8) is 0 Å². The fourth-order valence-electron chi connectivity index (χ4n) is 2.18. The highest BCUT2D eigenvalue weighted by Crippen LogP contribution is 2.28. The van der Waals surface area contributed by atoms with Crippen LogP contribution in [0.4, 0.5) is 0 Å². The zero-order valence-electron chi connectivity index (χ0n) is 11.4. The number of nitrogens with one attached hydrogen (secondary N) is 1. The Morgan fingerprint density at radius 1 is 1.42 bits per heavy atom. The van der Waals surface area contributed by atoms with Crippen LogP contribution in [-0.4, -0.2) is 18.1 Å². The van der Waals surface area contributed by atoms with Gasteiger partial charge in [0.1, 0.15) is 11.3 Å². The van der Waals surface area contributed by atoms with Crippen molar-refractivity contribution in [3.8, 4) is 12.3 Å². The molecule has 100 valence electrons.